The van der Waals surface area contributed by atoms with E-state index in [1.165, 1.54) is 31.6 Å². The fraction of sp³-hybridized carbons (Fsp3) is 0.800. The number of aryl methyl sites for hydroxylation is 1. The SMILES string of the molecule is CC(C)N1CCC(c2cn3c(n2)C(O)CCC3)CC1. The van der Waals surface area contributed by atoms with Crippen LogP contribution in [0.3, 0.4) is 0 Å². The van der Waals surface area contributed by atoms with Gasteiger partial charge >= 0.3 is 0 Å². The molecule has 0 aromatic carbocycles. The molecule has 1 aromatic rings. The monoisotopic (exact) mass is 263 g/mol. The molecule has 2 aliphatic heterocycles. The van der Waals surface area contributed by atoms with E-state index in [0.29, 0.717) is 12.0 Å². The van der Waals surface area contributed by atoms with E-state index in [9.17, 15) is 5.11 Å². The molecular weight excluding hydrogens is 238 g/mol. The lowest BCUT2D eigenvalue weighted by molar-refractivity contribution is 0.133. The molecule has 1 saturated heterocycles. The molecule has 3 heterocycles. The average molecular weight is 263 g/mol. The fourth-order valence-electron chi connectivity index (χ4n) is 3.39. The van der Waals surface area contributed by atoms with E-state index in [0.717, 1.165) is 25.2 Å². The van der Waals surface area contributed by atoms with E-state index >= 15 is 0 Å². The van der Waals surface area contributed by atoms with Crippen molar-refractivity contribution >= 4 is 0 Å². The lowest BCUT2D eigenvalue weighted by Crippen LogP contribution is -2.37. The van der Waals surface area contributed by atoms with E-state index in [-0.39, 0.29) is 6.10 Å². The van der Waals surface area contributed by atoms with Crippen molar-refractivity contribution in [3.05, 3.63) is 17.7 Å². The largest absolute Gasteiger partial charge is 0.385 e. The zero-order chi connectivity index (χ0) is 13.4. The van der Waals surface area contributed by atoms with Crippen molar-refractivity contribution in [3.63, 3.8) is 0 Å². The van der Waals surface area contributed by atoms with Crippen LogP contribution in [0.15, 0.2) is 6.20 Å². The Morgan fingerprint density at radius 2 is 1.95 bits per heavy atom. The van der Waals surface area contributed by atoms with Gasteiger partial charge in [-0.15, -0.1) is 0 Å². The van der Waals surface area contributed by atoms with Gasteiger partial charge in [-0.25, -0.2) is 4.98 Å². The molecular formula is C15H25N3O. The predicted molar refractivity (Wildman–Crippen MR) is 75.1 cm³/mol. The summed E-state index contributed by atoms with van der Waals surface area (Å²) in [5, 5.41) is 10.00. The number of aromatic nitrogens is 2. The Morgan fingerprint density at radius 3 is 2.58 bits per heavy atom. The second-order valence-corrected chi connectivity index (χ2v) is 6.28. The number of rotatable bonds is 2. The van der Waals surface area contributed by atoms with Gasteiger partial charge in [0, 0.05) is 24.7 Å². The van der Waals surface area contributed by atoms with Crippen molar-refractivity contribution in [2.24, 2.45) is 0 Å². The van der Waals surface area contributed by atoms with Crippen LogP contribution in [0.1, 0.15) is 63.1 Å². The number of nitrogens with zero attached hydrogens (tertiary/aromatic N) is 3. The maximum Gasteiger partial charge on any atom is 0.137 e. The summed E-state index contributed by atoms with van der Waals surface area (Å²) in [6.07, 6.45) is 6.17. The van der Waals surface area contributed by atoms with Gasteiger partial charge in [-0.05, 0) is 52.6 Å². The molecule has 0 spiro atoms. The van der Waals surface area contributed by atoms with Crippen molar-refractivity contribution in [2.75, 3.05) is 13.1 Å². The Hall–Kier alpha value is -0.870. The number of fused-ring (bicyclic) bond motifs is 1. The topological polar surface area (TPSA) is 41.3 Å². The minimum Gasteiger partial charge on any atom is -0.385 e. The number of aliphatic hydroxyl groups is 1. The molecule has 1 fully saturated rings. The van der Waals surface area contributed by atoms with Gasteiger partial charge in [-0.3, -0.25) is 0 Å². The van der Waals surface area contributed by atoms with E-state index in [1.807, 2.05) is 0 Å². The summed E-state index contributed by atoms with van der Waals surface area (Å²) in [6.45, 7) is 7.91. The van der Waals surface area contributed by atoms with E-state index in [4.69, 9.17) is 4.98 Å². The lowest BCUT2D eigenvalue weighted by atomic mass is 9.93. The van der Waals surface area contributed by atoms with Gasteiger partial charge in [0.15, 0.2) is 0 Å². The van der Waals surface area contributed by atoms with Gasteiger partial charge in [-0.1, -0.05) is 0 Å². The zero-order valence-corrected chi connectivity index (χ0v) is 12.0. The smallest absolute Gasteiger partial charge is 0.137 e. The predicted octanol–water partition coefficient (Wildman–Crippen LogP) is 2.30. The number of aliphatic hydroxyl groups excluding tert-OH is 1. The van der Waals surface area contributed by atoms with Crippen LogP contribution in [0.5, 0.6) is 0 Å². The zero-order valence-electron chi connectivity index (χ0n) is 12.0. The molecule has 3 rings (SSSR count). The van der Waals surface area contributed by atoms with Crippen LogP contribution in [0, 0.1) is 0 Å². The summed E-state index contributed by atoms with van der Waals surface area (Å²) in [5.74, 6) is 1.48. The number of likely N-dealkylation sites (tertiary alicyclic amines) is 1. The van der Waals surface area contributed by atoms with Crippen molar-refractivity contribution in [1.82, 2.24) is 14.5 Å². The summed E-state index contributed by atoms with van der Waals surface area (Å²) in [5.41, 5.74) is 1.21. The molecule has 19 heavy (non-hydrogen) atoms. The van der Waals surface area contributed by atoms with Crippen LogP contribution < -0.4 is 0 Å². The Kier molecular flexibility index (Phi) is 3.63. The molecule has 0 saturated carbocycles. The molecule has 0 aliphatic carbocycles. The molecule has 4 heteroatoms. The highest BCUT2D eigenvalue weighted by Gasteiger charge is 2.27. The summed E-state index contributed by atoms with van der Waals surface area (Å²) in [6, 6.07) is 0.651. The number of imidazole rings is 1. The number of hydrogen-bond acceptors (Lipinski definition) is 3. The highest BCUT2D eigenvalue weighted by atomic mass is 16.3. The first kappa shape index (κ1) is 13.1. The van der Waals surface area contributed by atoms with Crippen molar-refractivity contribution in [2.45, 2.75) is 64.1 Å². The van der Waals surface area contributed by atoms with Crippen molar-refractivity contribution < 1.29 is 5.11 Å². The Bertz CT molecular complexity index is 433. The van der Waals surface area contributed by atoms with E-state index < -0.39 is 0 Å². The molecule has 0 radical (unpaired) electrons. The first-order valence-corrected chi connectivity index (χ1v) is 7.64. The molecule has 1 atom stereocenters. The van der Waals surface area contributed by atoms with Crippen LogP contribution >= 0.6 is 0 Å². The van der Waals surface area contributed by atoms with E-state index in [2.05, 4.69) is 29.5 Å². The minimum atomic E-state index is -0.349. The summed E-state index contributed by atoms with van der Waals surface area (Å²) in [7, 11) is 0. The third kappa shape index (κ3) is 2.56. The standard InChI is InChI=1S/C15H25N3O/c1-11(2)17-8-5-12(6-9-17)13-10-18-7-3-4-14(19)15(18)16-13/h10-12,14,19H,3-9H2,1-2H3. The normalized spacial score (nSPS) is 25.8. The second kappa shape index (κ2) is 5.25. The van der Waals surface area contributed by atoms with Crippen LogP contribution in [-0.4, -0.2) is 38.7 Å². The van der Waals surface area contributed by atoms with Crippen LogP contribution in [0.2, 0.25) is 0 Å². The third-order valence-electron chi connectivity index (χ3n) is 4.68. The van der Waals surface area contributed by atoms with E-state index in [1.54, 1.807) is 0 Å². The van der Waals surface area contributed by atoms with Gasteiger partial charge in [0.05, 0.1) is 5.69 Å². The minimum absolute atomic E-state index is 0.349. The molecule has 1 unspecified atom stereocenters. The highest BCUT2D eigenvalue weighted by Crippen LogP contribution is 2.31. The Balaban J connectivity index is 1.70. The summed E-state index contributed by atoms with van der Waals surface area (Å²) < 4.78 is 2.16. The van der Waals surface area contributed by atoms with Crippen LogP contribution in [0.4, 0.5) is 0 Å². The van der Waals surface area contributed by atoms with Crippen LogP contribution in [-0.2, 0) is 6.54 Å². The first-order valence-electron chi connectivity index (χ1n) is 7.64. The molecule has 2 aliphatic rings. The van der Waals surface area contributed by atoms with Crippen LogP contribution in [0.25, 0.3) is 0 Å². The molecule has 106 valence electrons. The average Bonchev–Trinajstić information content (AvgIpc) is 2.84. The molecule has 0 amide bonds. The number of piperidine rings is 1. The summed E-state index contributed by atoms with van der Waals surface area (Å²) >= 11 is 0. The molecule has 4 nitrogen and oxygen atoms in total. The number of hydrogen-bond donors (Lipinski definition) is 1. The molecule has 0 bridgehead atoms. The lowest BCUT2D eigenvalue weighted by Gasteiger charge is -2.33. The third-order valence-corrected chi connectivity index (χ3v) is 4.68. The Labute approximate surface area is 115 Å². The van der Waals surface area contributed by atoms with Gasteiger partial charge in [0.2, 0.25) is 0 Å². The fourth-order valence-corrected chi connectivity index (χ4v) is 3.39. The Morgan fingerprint density at radius 1 is 1.21 bits per heavy atom. The summed E-state index contributed by atoms with van der Waals surface area (Å²) in [4.78, 5) is 7.26. The van der Waals surface area contributed by atoms with Gasteiger partial charge in [-0.2, -0.15) is 0 Å². The maximum atomic E-state index is 10.00. The second-order valence-electron chi connectivity index (χ2n) is 6.28. The van der Waals surface area contributed by atoms with Gasteiger partial charge in [0.1, 0.15) is 11.9 Å². The van der Waals surface area contributed by atoms with Crippen molar-refractivity contribution in [1.29, 1.82) is 0 Å². The first-order chi connectivity index (χ1) is 9.15. The quantitative estimate of drug-likeness (QED) is 0.890. The van der Waals surface area contributed by atoms with Gasteiger partial charge in [0.25, 0.3) is 0 Å². The molecule has 1 aromatic heterocycles. The van der Waals surface area contributed by atoms with Gasteiger partial charge < -0.3 is 14.6 Å². The van der Waals surface area contributed by atoms with Crippen molar-refractivity contribution in [3.8, 4) is 0 Å². The maximum absolute atomic E-state index is 10.00. The highest BCUT2D eigenvalue weighted by molar-refractivity contribution is 5.13. The molecule has 1 N–H and O–H groups in total.